The standard InChI is InChI=1S/C21H18N4O5S/c1-2-14-3-8-16(9-4-14)22-20(27)21-24-23-18(31-21)13-30-19(26)12-7-15-5-10-17(11-6-15)25(28)29/h3-12H,2,13H2,1H3,(H,22,27). The topological polar surface area (TPSA) is 124 Å². The summed E-state index contributed by atoms with van der Waals surface area (Å²) in [6.07, 6.45) is 3.60. The molecule has 2 aromatic carbocycles. The number of aromatic nitrogens is 2. The molecular weight excluding hydrogens is 420 g/mol. The van der Waals surface area contributed by atoms with Gasteiger partial charge in [0, 0.05) is 23.9 Å². The highest BCUT2D eigenvalue weighted by molar-refractivity contribution is 7.13. The van der Waals surface area contributed by atoms with Crippen molar-refractivity contribution >= 4 is 40.7 Å². The Labute approximate surface area is 181 Å². The van der Waals surface area contributed by atoms with Gasteiger partial charge in [0.1, 0.15) is 6.61 Å². The van der Waals surface area contributed by atoms with Crippen LogP contribution in [-0.2, 0) is 22.6 Å². The van der Waals surface area contributed by atoms with Crippen molar-refractivity contribution in [2.24, 2.45) is 0 Å². The van der Waals surface area contributed by atoms with Crippen molar-refractivity contribution in [1.29, 1.82) is 0 Å². The van der Waals surface area contributed by atoms with E-state index in [1.54, 1.807) is 0 Å². The predicted molar refractivity (Wildman–Crippen MR) is 116 cm³/mol. The van der Waals surface area contributed by atoms with Crippen LogP contribution in [0.15, 0.2) is 54.6 Å². The number of nitro benzene ring substituents is 1. The molecule has 0 atom stereocenters. The maximum absolute atomic E-state index is 12.3. The molecule has 3 rings (SSSR count). The zero-order valence-electron chi connectivity index (χ0n) is 16.5. The third-order valence-corrected chi connectivity index (χ3v) is 5.03. The first-order valence-corrected chi connectivity index (χ1v) is 10.1. The van der Waals surface area contributed by atoms with Crippen molar-refractivity contribution < 1.29 is 19.2 Å². The second-order valence-electron chi connectivity index (χ2n) is 6.30. The van der Waals surface area contributed by atoms with Crippen LogP contribution in [-0.4, -0.2) is 27.0 Å². The molecule has 10 heteroatoms. The smallest absolute Gasteiger partial charge is 0.331 e. The van der Waals surface area contributed by atoms with Crippen molar-refractivity contribution in [3.05, 3.63) is 85.9 Å². The van der Waals surface area contributed by atoms with Gasteiger partial charge >= 0.3 is 5.97 Å². The molecule has 9 nitrogen and oxygen atoms in total. The average Bonchev–Trinajstić information content (AvgIpc) is 3.26. The summed E-state index contributed by atoms with van der Waals surface area (Å²) in [5.74, 6) is -1.01. The van der Waals surface area contributed by atoms with Gasteiger partial charge in [-0.2, -0.15) is 0 Å². The number of nitro groups is 1. The van der Waals surface area contributed by atoms with E-state index in [1.165, 1.54) is 42.0 Å². The third-order valence-electron chi connectivity index (χ3n) is 4.13. The van der Waals surface area contributed by atoms with Gasteiger partial charge in [-0.3, -0.25) is 14.9 Å². The summed E-state index contributed by atoms with van der Waals surface area (Å²) in [5, 5.41) is 21.6. The number of carbonyl (C=O) groups excluding carboxylic acids is 2. The lowest BCUT2D eigenvalue weighted by atomic mass is 10.1. The van der Waals surface area contributed by atoms with Gasteiger partial charge in [-0.15, -0.1) is 10.2 Å². The molecule has 0 aliphatic heterocycles. The number of rotatable bonds is 8. The summed E-state index contributed by atoms with van der Waals surface area (Å²) in [6.45, 7) is 1.92. The summed E-state index contributed by atoms with van der Waals surface area (Å²) in [5.41, 5.74) is 2.40. The molecule has 158 valence electrons. The molecule has 0 aliphatic rings. The number of benzene rings is 2. The molecule has 0 unspecified atom stereocenters. The fourth-order valence-corrected chi connectivity index (χ4v) is 3.11. The zero-order chi connectivity index (χ0) is 22.2. The summed E-state index contributed by atoms with van der Waals surface area (Å²) in [7, 11) is 0. The van der Waals surface area contributed by atoms with E-state index in [0.717, 1.165) is 17.8 Å². The minimum absolute atomic E-state index is 0.0335. The predicted octanol–water partition coefficient (Wildman–Crippen LogP) is 4.02. The Kier molecular flexibility index (Phi) is 7.17. The van der Waals surface area contributed by atoms with Crippen LogP contribution >= 0.6 is 11.3 Å². The molecule has 0 saturated carbocycles. The van der Waals surface area contributed by atoms with Gasteiger partial charge in [0.05, 0.1) is 4.92 Å². The Morgan fingerprint density at radius 1 is 1.13 bits per heavy atom. The second-order valence-corrected chi connectivity index (χ2v) is 7.36. The normalized spacial score (nSPS) is 10.7. The molecule has 0 spiro atoms. The van der Waals surface area contributed by atoms with Gasteiger partial charge in [0.15, 0.2) is 5.01 Å². The third kappa shape index (κ3) is 6.28. The van der Waals surface area contributed by atoms with Gasteiger partial charge in [0.2, 0.25) is 5.01 Å². The SMILES string of the molecule is CCc1ccc(NC(=O)c2nnc(COC(=O)C=Cc3ccc([N+](=O)[O-])cc3)s2)cc1. The Balaban J connectivity index is 1.50. The lowest BCUT2D eigenvalue weighted by molar-refractivity contribution is -0.384. The number of non-ortho nitro benzene ring substituents is 1. The van der Waals surface area contributed by atoms with E-state index >= 15 is 0 Å². The maximum Gasteiger partial charge on any atom is 0.331 e. The Morgan fingerprint density at radius 3 is 2.48 bits per heavy atom. The van der Waals surface area contributed by atoms with E-state index in [0.29, 0.717) is 16.3 Å². The lowest BCUT2D eigenvalue weighted by Gasteiger charge is -2.03. The molecule has 1 amide bonds. The summed E-state index contributed by atoms with van der Waals surface area (Å²) < 4.78 is 5.09. The van der Waals surface area contributed by atoms with Crippen molar-refractivity contribution in [3.8, 4) is 0 Å². The highest BCUT2D eigenvalue weighted by Gasteiger charge is 2.14. The van der Waals surface area contributed by atoms with Gasteiger partial charge in [-0.25, -0.2) is 4.79 Å². The summed E-state index contributed by atoms with van der Waals surface area (Å²) in [4.78, 5) is 34.3. The van der Waals surface area contributed by atoms with Crippen molar-refractivity contribution in [2.75, 3.05) is 5.32 Å². The number of esters is 1. The molecule has 0 saturated heterocycles. The molecule has 1 aromatic heterocycles. The summed E-state index contributed by atoms with van der Waals surface area (Å²) in [6, 6.07) is 13.2. The van der Waals surface area contributed by atoms with Crippen molar-refractivity contribution in [3.63, 3.8) is 0 Å². The van der Waals surface area contributed by atoms with E-state index in [4.69, 9.17) is 4.74 Å². The number of carbonyl (C=O) groups is 2. The molecule has 0 aliphatic carbocycles. The molecule has 1 N–H and O–H groups in total. The number of nitrogens with one attached hydrogen (secondary N) is 1. The Bertz CT molecular complexity index is 1110. The zero-order valence-corrected chi connectivity index (χ0v) is 17.3. The van der Waals surface area contributed by atoms with E-state index in [-0.39, 0.29) is 17.3 Å². The van der Waals surface area contributed by atoms with E-state index < -0.39 is 16.8 Å². The largest absolute Gasteiger partial charge is 0.455 e. The lowest BCUT2D eigenvalue weighted by Crippen LogP contribution is -2.11. The van der Waals surface area contributed by atoms with Crippen molar-refractivity contribution in [2.45, 2.75) is 20.0 Å². The molecule has 1 heterocycles. The van der Waals surface area contributed by atoms with E-state index in [9.17, 15) is 19.7 Å². The monoisotopic (exact) mass is 438 g/mol. The first kappa shape index (κ1) is 21.8. The van der Waals surface area contributed by atoms with Gasteiger partial charge in [-0.1, -0.05) is 30.4 Å². The number of hydrogen-bond acceptors (Lipinski definition) is 8. The van der Waals surface area contributed by atoms with Crippen LogP contribution < -0.4 is 5.32 Å². The highest BCUT2D eigenvalue weighted by Crippen LogP contribution is 2.16. The van der Waals surface area contributed by atoms with Crippen LogP contribution in [0, 0.1) is 10.1 Å². The molecule has 0 bridgehead atoms. The first-order chi connectivity index (χ1) is 14.9. The molecule has 3 aromatic rings. The first-order valence-electron chi connectivity index (χ1n) is 9.26. The Morgan fingerprint density at radius 2 is 1.84 bits per heavy atom. The van der Waals surface area contributed by atoms with Gasteiger partial charge in [0.25, 0.3) is 11.6 Å². The quantitative estimate of drug-likeness (QED) is 0.244. The fourth-order valence-electron chi connectivity index (χ4n) is 2.46. The van der Waals surface area contributed by atoms with Crippen molar-refractivity contribution in [1.82, 2.24) is 10.2 Å². The number of anilines is 1. The molecule has 0 fully saturated rings. The minimum atomic E-state index is -0.615. The van der Waals surface area contributed by atoms with Gasteiger partial charge in [-0.05, 0) is 47.9 Å². The fraction of sp³-hybridized carbons (Fsp3) is 0.143. The molecule has 31 heavy (non-hydrogen) atoms. The van der Waals surface area contributed by atoms with Crippen LogP contribution in [0.2, 0.25) is 0 Å². The molecular formula is C21H18N4O5S. The van der Waals surface area contributed by atoms with Crippen LogP contribution in [0.5, 0.6) is 0 Å². The van der Waals surface area contributed by atoms with Crippen LogP contribution in [0.4, 0.5) is 11.4 Å². The minimum Gasteiger partial charge on any atom is -0.455 e. The number of nitrogens with zero attached hydrogens (tertiary/aromatic N) is 3. The number of hydrogen-bond donors (Lipinski definition) is 1. The van der Waals surface area contributed by atoms with E-state index in [1.807, 2.05) is 24.3 Å². The number of aryl methyl sites for hydroxylation is 1. The van der Waals surface area contributed by atoms with Crippen LogP contribution in [0.1, 0.15) is 32.9 Å². The summed E-state index contributed by atoms with van der Waals surface area (Å²) >= 11 is 1.03. The number of amides is 1. The van der Waals surface area contributed by atoms with E-state index in [2.05, 4.69) is 22.4 Å². The van der Waals surface area contributed by atoms with Gasteiger partial charge < -0.3 is 10.1 Å². The number of ether oxygens (including phenoxy) is 1. The average molecular weight is 438 g/mol. The highest BCUT2D eigenvalue weighted by atomic mass is 32.1. The van der Waals surface area contributed by atoms with Crippen LogP contribution in [0.3, 0.4) is 0 Å². The molecule has 0 radical (unpaired) electrons. The Hall–Kier alpha value is -3.92. The maximum atomic E-state index is 12.3. The van der Waals surface area contributed by atoms with Crippen LogP contribution in [0.25, 0.3) is 6.08 Å². The second kappa shape index (κ2) is 10.2.